The van der Waals surface area contributed by atoms with Gasteiger partial charge < -0.3 is 15.4 Å². The van der Waals surface area contributed by atoms with Crippen molar-refractivity contribution < 1.29 is 22.7 Å². The van der Waals surface area contributed by atoms with Crippen LogP contribution in [0.25, 0.3) is 0 Å². The molecule has 1 aliphatic heterocycles. The summed E-state index contributed by atoms with van der Waals surface area (Å²) in [4.78, 5) is 12.7. The quantitative estimate of drug-likeness (QED) is 0.622. The molecule has 1 heterocycles. The van der Waals surface area contributed by atoms with Gasteiger partial charge in [0.25, 0.3) is 0 Å². The normalized spacial score (nSPS) is 18.7. The van der Waals surface area contributed by atoms with Gasteiger partial charge in [0.2, 0.25) is 0 Å². The van der Waals surface area contributed by atoms with Crippen LogP contribution in [0.3, 0.4) is 0 Å². The van der Waals surface area contributed by atoms with Crippen LogP contribution in [-0.2, 0) is 10.9 Å². The third-order valence-electron chi connectivity index (χ3n) is 3.91. The minimum atomic E-state index is -4.52. The largest absolute Gasteiger partial charge is 0.418 e. The van der Waals surface area contributed by atoms with E-state index >= 15 is 0 Å². The first-order valence-electron chi connectivity index (χ1n) is 7.63. The molecule has 128 valence electrons. The number of benzene rings is 1. The molecule has 1 aliphatic rings. The molecular weight excluding hydrogens is 309 g/mol. The molecule has 1 saturated heterocycles. The number of Topliss-reactive ketones (excluding diaryl/α,β-unsaturated/α-hetero) is 1. The molecule has 1 fully saturated rings. The Hall–Kier alpha value is -1.60. The number of piperidine rings is 1. The lowest BCUT2D eigenvalue weighted by Crippen LogP contribution is -2.35. The van der Waals surface area contributed by atoms with E-state index in [1.807, 2.05) is 0 Å². The second-order valence-corrected chi connectivity index (χ2v) is 5.55. The number of carbonyl (C=O) groups is 1. The van der Waals surface area contributed by atoms with E-state index in [1.54, 1.807) is 0 Å². The highest BCUT2D eigenvalue weighted by Gasteiger charge is 2.36. The molecule has 4 nitrogen and oxygen atoms in total. The molecule has 1 unspecified atom stereocenters. The SMILES string of the molecule is COCCNc1c(C(=O)C2CCCNC2)cccc1C(F)(F)F. The number of anilines is 1. The Morgan fingerprint density at radius 1 is 1.43 bits per heavy atom. The molecule has 0 radical (unpaired) electrons. The van der Waals surface area contributed by atoms with Crippen LogP contribution in [0.1, 0.15) is 28.8 Å². The molecular formula is C16H21F3N2O2. The maximum atomic E-state index is 13.2. The van der Waals surface area contributed by atoms with E-state index in [-0.39, 0.29) is 36.1 Å². The molecule has 0 aromatic heterocycles. The molecule has 1 aromatic carbocycles. The highest BCUT2D eigenvalue weighted by molar-refractivity contribution is 6.03. The van der Waals surface area contributed by atoms with Crippen LogP contribution in [0.2, 0.25) is 0 Å². The van der Waals surface area contributed by atoms with Crippen LogP contribution < -0.4 is 10.6 Å². The van der Waals surface area contributed by atoms with Crippen molar-refractivity contribution in [2.75, 3.05) is 38.7 Å². The monoisotopic (exact) mass is 330 g/mol. The van der Waals surface area contributed by atoms with E-state index in [2.05, 4.69) is 10.6 Å². The zero-order chi connectivity index (χ0) is 16.9. The molecule has 0 amide bonds. The van der Waals surface area contributed by atoms with Crippen LogP contribution in [-0.4, -0.2) is 39.1 Å². The fraction of sp³-hybridized carbons (Fsp3) is 0.562. The lowest BCUT2D eigenvalue weighted by molar-refractivity contribution is -0.137. The summed E-state index contributed by atoms with van der Waals surface area (Å²) >= 11 is 0. The molecule has 1 aromatic rings. The number of alkyl halides is 3. The van der Waals surface area contributed by atoms with Gasteiger partial charge in [-0.15, -0.1) is 0 Å². The zero-order valence-electron chi connectivity index (χ0n) is 13.0. The average Bonchev–Trinajstić information content (AvgIpc) is 2.54. The summed E-state index contributed by atoms with van der Waals surface area (Å²) < 4.78 is 44.6. The second-order valence-electron chi connectivity index (χ2n) is 5.55. The Kier molecular flexibility index (Phi) is 6.01. The maximum absolute atomic E-state index is 13.2. The van der Waals surface area contributed by atoms with Crippen molar-refractivity contribution in [3.8, 4) is 0 Å². The predicted octanol–water partition coefficient (Wildman–Crippen LogP) is 2.95. The van der Waals surface area contributed by atoms with Crippen LogP contribution in [0, 0.1) is 5.92 Å². The second kappa shape index (κ2) is 7.79. The summed E-state index contributed by atoms with van der Waals surface area (Å²) in [6, 6.07) is 3.74. The van der Waals surface area contributed by atoms with Gasteiger partial charge in [-0.05, 0) is 31.5 Å². The molecule has 0 bridgehead atoms. The average molecular weight is 330 g/mol. The maximum Gasteiger partial charge on any atom is 0.418 e. The highest BCUT2D eigenvalue weighted by atomic mass is 19.4. The van der Waals surface area contributed by atoms with E-state index in [4.69, 9.17) is 4.74 Å². The number of para-hydroxylation sites is 1. The van der Waals surface area contributed by atoms with E-state index in [1.165, 1.54) is 19.2 Å². The van der Waals surface area contributed by atoms with Crippen molar-refractivity contribution in [2.45, 2.75) is 19.0 Å². The Morgan fingerprint density at radius 3 is 2.83 bits per heavy atom. The molecule has 0 saturated carbocycles. The Balaban J connectivity index is 2.34. The molecule has 1 atom stereocenters. The summed E-state index contributed by atoms with van der Waals surface area (Å²) in [5.41, 5.74) is -0.861. The van der Waals surface area contributed by atoms with Crippen molar-refractivity contribution in [1.29, 1.82) is 0 Å². The smallest absolute Gasteiger partial charge is 0.383 e. The first kappa shape index (κ1) is 17.7. The van der Waals surface area contributed by atoms with Gasteiger partial charge in [-0.2, -0.15) is 13.2 Å². The molecule has 0 spiro atoms. The van der Waals surface area contributed by atoms with Crippen LogP contribution >= 0.6 is 0 Å². The van der Waals surface area contributed by atoms with Crippen LogP contribution in [0.5, 0.6) is 0 Å². The van der Waals surface area contributed by atoms with E-state index < -0.39 is 11.7 Å². The number of ketones is 1. The lowest BCUT2D eigenvalue weighted by Gasteiger charge is -2.24. The van der Waals surface area contributed by atoms with Gasteiger partial charge in [0, 0.05) is 31.7 Å². The summed E-state index contributed by atoms with van der Waals surface area (Å²) in [5, 5.41) is 5.84. The molecule has 2 N–H and O–H groups in total. The van der Waals surface area contributed by atoms with Gasteiger partial charge in [0.15, 0.2) is 5.78 Å². The summed E-state index contributed by atoms with van der Waals surface area (Å²) in [6.07, 6.45) is -2.97. The fourth-order valence-corrected chi connectivity index (χ4v) is 2.76. The first-order valence-corrected chi connectivity index (χ1v) is 7.63. The topological polar surface area (TPSA) is 50.4 Å². The van der Waals surface area contributed by atoms with Crippen molar-refractivity contribution >= 4 is 11.5 Å². The first-order chi connectivity index (χ1) is 10.9. The molecule has 2 rings (SSSR count). The summed E-state index contributed by atoms with van der Waals surface area (Å²) in [5.74, 6) is -0.529. The van der Waals surface area contributed by atoms with E-state index in [0.717, 1.165) is 19.0 Å². The Labute approximate surface area is 133 Å². The van der Waals surface area contributed by atoms with Gasteiger partial charge in [-0.3, -0.25) is 4.79 Å². The van der Waals surface area contributed by atoms with Gasteiger partial charge in [0.05, 0.1) is 17.9 Å². The van der Waals surface area contributed by atoms with Gasteiger partial charge in [0.1, 0.15) is 0 Å². The van der Waals surface area contributed by atoms with E-state index in [0.29, 0.717) is 13.0 Å². The number of ether oxygens (including phenoxy) is 1. The number of hydrogen-bond acceptors (Lipinski definition) is 4. The fourth-order valence-electron chi connectivity index (χ4n) is 2.76. The number of methoxy groups -OCH3 is 1. The zero-order valence-corrected chi connectivity index (χ0v) is 13.0. The number of rotatable bonds is 6. The molecule has 0 aliphatic carbocycles. The number of carbonyl (C=O) groups excluding carboxylic acids is 1. The van der Waals surface area contributed by atoms with Gasteiger partial charge in [-0.25, -0.2) is 0 Å². The molecule has 23 heavy (non-hydrogen) atoms. The minimum Gasteiger partial charge on any atom is -0.383 e. The number of nitrogens with one attached hydrogen (secondary N) is 2. The summed E-state index contributed by atoms with van der Waals surface area (Å²) in [6.45, 7) is 1.80. The Bertz CT molecular complexity index is 541. The third kappa shape index (κ3) is 4.45. The number of hydrogen-bond donors (Lipinski definition) is 2. The van der Waals surface area contributed by atoms with Crippen LogP contribution in [0.15, 0.2) is 18.2 Å². The van der Waals surface area contributed by atoms with Crippen molar-refractivity contribution in [3.63, 3.8) is 0 Å². The summed E-state index contributed by atoms with van der Waals surface area (Å²) in [7, 11) is 1.47. The minimum absolute atomic E-state index is 0.102. The van der Waals surface area contributed by atoms with Gasteiger partial charge >= 0.3 is 6.18 Å². The Morgan fingerprint density at radius 2 is 2.22 bits per heavy atom. The molecule has 7 heteroatoms. The van der Waals surface area contributed by atoms with Crippen LogP contribution in [0.4, 0.5) is 18.9 Å². The van der Waals surface area contributed by atoms with Crippen molar-refractivity contribution in [3.05, 3.63) is 29.3 Å². The standard InChI is InChI=1S/C16H21F3N2O2/c1-23-9-8-21-14-12(5-2-6-13(14)16(17,18)19)15(22)11-4-3-7-20-10-11/h2,5-6,11,20-21H,3-4,7-10H2,1H3. The predicted molar refractivity (Wildman–Crippen MR) is 81.7 cm³/mol. The van der Waals surface area contributed by atoms with Crippen molar-refractivity contribution in [2.24, 2.45) is 5.92 Å². The number of halogens is 3. The van der Waals surface area contributed by atoms with Crippen molar-refractivity contribution in [1.82, 2.24) is 5.32 Å². The lowest BCUT2D eigenvalue weighted by atomic mass is 9.89. The third-order valence-corrected chi connectivity index (χ3v) is 3.91. The van der Waals surface area contributed by atoms with E-state index in [9.17, 15) is 18.0 Å². The highest BCUT2D eigenvalue weighted by Crippen LogP contribution is 2.37. The van der Waals surface area contributed by atoms with Gasteiger partial charge in [-0.1, -0.05) is 6.07 Å².